The van der Waals surface area contributed by atoms with Crippen molar-refractivity contribution in [3.63, 3.8) is 0 Å². The number of halogens is 2. The lowest BCUT2D eigenvalue weighted by Gasteiger charge is -2.27. The van der Waals surface area contributed by atoms with Gasteiger partial charge in [-0.2, -0.15) is 0 Å². The van der Waals surface area contributed by atoms with Crippen molar-refractivity contribution in [3.05, 3.63) is 60.2 Å². The summed E-state index contributed by atoms with van der Waals surface area (Å²) in [4.78, 5) is 33.8. The first-order valence-corrected chi connectivity index (χ1v) is 12.7. The summed E-state index contributed by atoms with van der Waals surface area (Å²) in [6, 6.07) is 10.3. The van der Waals surface area contributed by atoms with Gasteiger partial charge in [0.15, 0.2) is 6.61 Å². The number of aromatic nitrogens is 2. The number of alkyl halides is 2. The van der Waals surface area contributed by atoms with Crippen molar-refractivity contribution in [2.24, 2.45) is 0 Å². The Kier molecular flexibility index (Phi) is 6.81. The van der Waals surface area contributed by atoms with Crippen molar-refractivity contribution in [3.8, 4) is 5.75 Å². The zero-order chi connectivity index (χ0) is 27.0. The molecule has 38 heavy (non-hydrogen) atoms. The van der Waals surface area contributed by atoms with E-state index in [1.54, 1.807) is 42.3 Å². The largest absolute Gasteiger partial charge is 0.485 e. The molecular weight excluding hydrogens is 492 g/mol. The van der Waals surface area contributed by atoms with Crippen LogP contribution in [0.3, 0.4) is 0 Å². The molecule has 0 spiro atoms. The molecule has 10 heteroatoms. The van der Waals surface area contributed by atoms with Crippen LogP contribution in [0.25, 0.3) is 11.0 Å². The zero-order valence-electron chi connectivity index (χ0n) is 21.5. The van der Waals surface area contributed by atoms with Gasteiger partial charge >= 0.3 is 0 Å². The summed E-state index contributed by atoms with van der Waals surface area (Å²) in [6.07, 6.45) is 3.77. The molecule has 0 unspecified atom stereocenters. The van der Waals surface area contributed by atoms with Crippen LogP contribution < -0.4 is 15.0 Å². The maximum Gasteiger partial charge on any atom is 0.298 e. The Balaban J connectivity index is 1.67. The number of rotatable bonds is 4. The number of anilines is 2. The van der Waals surface area contributed by atoms with Gasteiger partial charge in [0.1, 0.15) is 5.75 Å². The molecule has 2 aliphatic heterocycles. The van der Waals surface area contributed by atoms with Crippen LogP contribution in [0.5, 0.6) is 5.75 Å². The van der Waals surface area contributed by atoms with Crippen LogP contribution in [0.1, 0.15) is 41.2 Å². The van der Waals surface area contributed by atoms with Crippen LogP contribution in [0.15, 0.2) is 49.1 Å². The third-order valence-corrected chi connectivity index (χ3v) is 7.20. The number of hydrogen-bond acceptors (Lipinski definition) is 5. The standard InChI is InChI=1S/C28H31F2N5O3/c1-4-23(36)34-13-9-8-12-20(15-34)35-24-18(2)25-22(38-17-28(29,30)16-33(25)3)14-21(24)31-27(35)32-26(37)19-10-6-5-7-11-19/h4-7,10-11,14,20H,1,8-9,12-13,15-17H2,2-3H3,(H,31,32,37)/t20-/m1/s1. The topological polar surface area (TPSA) is 79.7 Å². The van der Waals surface area contributed by atoms with E-state index < -0.39 is 19.1 Å². The summed E-state index contributed by atoms with van der Waals surface area (Å²) in [5.74, 6) is -2.82. The molecule has 2 aliphatic rings. The number of nitrogens with zero attached hydrogens (tertiary/aromatic N) is 4. The molecule has 3 aromatic rings. The lowest BCUT2D eigenvalue weighted by atomic mass is 10.1. The van der Waals surface area contributed by atoms with Gasteiger partial charge in [0.05, 0.1) is 29.3 Å². The summed E-state index contributed by atoms with van der Waals surface area (Å²) in [5.41, 5.74) is 2.99. The Labute approximate surface area is 219 Å². The van der Waals surface area contributed by atoms with Crippen molar-refractivity contribution in [2.75, 3.05) is 43.5 Å². The molecule has 1 atom stereocenters. The Morgan fingerprint density at radius 3 is 2.74 bits per heavy atom. The highest BCUT2D eigenvalue weighted by Crippen LogP contribution is 2.43. The number of aryl methyl sites for hydroxylation is 1. The number of fused-ring (bicyclic) bond motifs is 2. The normalized spacial score (nSPS) is 19.2. The maximum atomic E-state index is 14.3. The molecule has 1 N–H and O–H groups in total. The summed E-state index contributed by atoms with van der Waals surface area (Å²) in [7, 11) is 1.62. The molecule has 5 rings (SSSR count). The third-order valence-electron chi connectivity index (χ3n) is 7.20. The van der Waals surface area contributed by atoms with Crippen LogP contribution in [0.2, 0.25) is 0 Å². The quantitative estimate of drug-likeness (QED) is 0.497. The minimum absolute atomic E-state index is 0.155. The summed E-state index contributed by atoms with van der Waals surface area (Å²) in [5, 5.41) is 2.96. The van der Waals surface area contributed by atoms with E-state index in [0.29, 0.717) is 47.1 Å². The van der Waals surface area contributed by atoms with E-state index >= 15 is 0 Å². The second-order valence-electron chi connectivity index (χ2n) is 9.98. The number of nitrogens with one attached hydrogen (secondary N) is 1. The first kappa shape index (κ1) is 25.7. The van der Waals surface area contributed by atoms with E-state index in [0.717, 1.165) is 24.8 Å². The van der Waals surface area contributed by atoms with Crippen LogP contribution in [0.4, 0.5) is 20.4 Å². The molecule has 8 nitrogen and oxygen atoms in total. The number of likely N-dealkylation sites (tertiary alicyclic amines) is 1. The molecule has 200 valence electrons. The lowest BCUT2D eigenvalue weighted by Crippen LogP contribution is -2.36. The minimum atomic E-state index is -3.00. The van der Waals surface area contributed by atoms with Gasteiger partial charge in [-0.25, -0.2) is 13.8 Å². The molecular formula is C28H31F2N5O3. The number of ether oxygens (including phenoxy) is 1. The average Bonchev–Trinajstić information content (AvgIpc) is 3.01. The summed E-state index contributed by atoms with van der Waals surface area (Å²) in [6.45, 7) is 5.30. The van der Waals surface area contributed by atoms with Gasteiger partial charge in [0.25, 0.3) is 11.8 Å². The molecule has 0 aliphatic carbocycles. The van der Waals surface area contributed by atoms with Crippen LogP contribution in [0, 0.1) is 6.92 Å². The molecule has 0 radical (unpaired) electrons. The highest BCUT2D eigenvalue weighted by molar-refractivity contribution is 6.04. The van der Waals surface area contributed by atoms with Crippen LogP contribution in [-0.4, -0.2) is 65.5 Å². The van der Waals surface area contributed by atoms with Gasteiger partial charge < -0.3 is 19.1 Å². The zero-order valence-corrected chi connectivity index (χ0v) is 21.5. The fourth-order valence-electron chi connectivity index (χ4n) is 5.52. The number of hydrogen-bond donors (Lipinski definition) is 1. The molecule has 1 aromatic heterocycles. The Morgan fingerprint density at radius 2 is 2.00 bits per heavy atom. The predicted octanol–water partition coefficient (Wildman–Crippen LogP) is 4.80. The van der Waals surface area contributed by atoms with Crippen molar-refractivity contribution in [1.82, 2.24) is 14.5 Å². The molecule has 1 saturated heterocycles. The first-order valence-electron chi connectivity index (χ1n) is 12.7. The molecule has 0 bridgehead atoms. The van der Waals surface area contributed by atoms with Crippen molar-refractivity contribution < 1.29 is 23.1 Å². The summed E-state index contributed by atoms with van der Waals surface area (Å²) >= 11 is 0. The van der Waals surface area contributed by atoms with E-state index in [1.165, 1.54) is 11.0 Å². The monoisotopic (exact) mass is 523 g/mol. The minimum Gasteiger partial charge on any atom is -0.485 e. The number of carbonyl (C=O) groups is 2. The van der Waals surface area contributed by atoms with Gasteiger partial charge in [0, 0.05) is 37.3 Å². The number of carbonyl (C=O) groups excluding carboxylic acids is 2. The fraction of sp³-hybridized carbons (Fsp3) is 0.393. The van der Waals surface area contributed by atoms with Crippen molar-refractivity contribution in [1.29, 1.82) is 0 Å². The molecule has 1 fully saturated rings. The second-order valence-corrected chi connectivity index (χ2v) is 9.98. The Morgan fingerprint density at radius 1 is 1.24 bits per heavy atom. The van der Waals surface area contributed by atoms with E-state index in [1.807, 2.05) is 17.6 Å². The molecule has 3 heterocycles. The lowest BCUT2D eigenvalue weighted by molar-refractivity contribution is -0.126. The second kappa shape index (κ2) is 10.1. The van der Waals surface area contributed by atoms with E-state index in [-0.39, 0.29) is 17.9 Å². The molecule has 2 amide bonds. The van der Waals surface area contributed by atoms with E-state index in [4.69, 9.17) is 9.72 Å². The first-order chi connectivity index (χ1) is 18.2. The van der Waals surface area contributed by atoms with E-state index in [2.05, 4.69) is 11.9 Å². The van der Waals surface area contributed by atoms with Crippen molar-refractivity contribution in [2.45, 2.75) is 38.2 Å². The van der Waals surface area contributed by atoms with Gasteiger partial charge in [-0.1, -0.05) is 24.8 Å². The summed E-state index contributed by atoms with van der Waals surface area (Å²) < 4.78 is 36.2. The third kappa shape index (κ3) is 4.82. The van der Waals surface area contributed by atoms with Gasteiger partial charge in [-0.3, -0.25) is 14.9 Å². The van der Waals surface area contributed by atoms with Gasteiger partial charge in [0.2, 0.25) is 11.9 Å². The highest BCUT2D eigenvalue weighted by atomic mass is 19.3. The smallest absolute Gasteiger partial charge is 0.298 e. The number of imidazole rings is 1. The number of benzene rings is 2. The Bertz CT molecular complexity index is 1390. The predicted molar refractivity (Wildman–Crippen MR) is 142 cm³/mol. The van der Waals surface area contributed by atoms with Crippen LogP contribution in [-0.2, 0) is 4.79 Å². The maximum absolute atomic E-state index is 14.3. The number of amides is 2. The van der Waals surface area contributed by atoms with Gasteiger partial charge in [-0.15, -0.1) is 0 Å². The highest BCUT2D eigenvalue weighted by Gasteiger charge is 2.37. The molecule has 2 aromatic carbocycles. The fourth-order valence-corrected chi connectivity index (χ4v) is 5.52. The average molecular weight is 524 g/mol. The Hall–Kier alpha value is -3.95. The van der Waals surface area contributed by atoms with Crippen LogP contribution >= 0.6 is 0 Å². The van der Waals surface area contributed by atoms with Gasteiger partial charge in [-0.05, 0) is 44.4 Å². The SMILES string of the molecule is C=CC(=O)N1CCCC[C@@H](n2c(NC(=O)c3ccccc3)nc3cc4c(c(C)c32)N(C)CC(F)(F)CO4)C1. The van der Waals surface area contributed by atoms with Crippen molar-refractivity contribution >= 4 is 34.5 Å². The molecule has 0 saturated carbocycles. The van der Waals surface area contributed by atoms with E-state index in [9.17, 15) is 18.4 Å².